The number of nitrogens with one attached hydrogen (secondary N) is 2. The Hall–Kier alpha value is -1.95. The molecule has 6 nitrogen and oxygen atoms in total. The van der Waals surface area contributed by atoms with E-state index in [1.54, 1.807) is 6.07 Å². The maximum absolute atomic E-state index is 11.9. The standard InChI is InChI=1S/C13H17N3O3/c17-12(10-3-1-2-6-14-10)16-8-9-4-5-11(13(18)19)15-7-9/h4-5,7,10,14H,1-3,6,8H2,(H,16,17)(H,18,19)/t10-/m0/s1. The molecule has 2 rings (SSSR count). The Bertz CT molecular complexity index is 453. The first-order valence-electron chi connectivity index (χ1n) is 6.36. The summed E-state index contributed by atoms with van der Waals surface area (Å²) in [6.45, 7) is 1.25. The molecule has 1 aromatic heterocycles. The van der Waals surface area contributed by atoms with Crippen LogP contribution in [0.1, 0.15) is 35.3 Å². The van der Waals surface area contributed by atoms with E-state index in [0.29, 0.717) is 6.54 Å². The van der Waals surface area contributed by atoms with Crippen LogP contribution in [-0.4, -0.2) is 34.6 Å². The first-order valence-corrected chi connectivity index (χ1v) is 6.36. The van der Waals surface area contributed by atoms with Gasteiger partial charge in [0.05, 0.1) is 6.04 Å². The summed E-state index contributed by atoms with van der Waals surface area (Å²) in [6.07, 6.45) is 4.52. The molecule has 6 heteroatoms. The van der Waals surface area contributed by atoms with Crippen molar-refractivity contribution in [1.29, 1.82) is 0 Å². The van der Waals surface area contributed by atoms with Gasteiger partial charge in [0.2, 0.25) is 5.91 Å². The van der Waals surface area contributed by atoms with E-state index in [4.69, 9.17) is 5.11 Å². The van der Waals surface area contributed by atoms with Crippen molar-refractivity contribution < 1.29 is 14.7 Å². The minimum atomic E-state index is -1.05. The highest BCUT2D eigenvalue weighted by atomic mass is 16.4. The van der Waals surface area contributed by atoms with E-state index in [-0.39, 0.29) is 17.6 Å². The number of pyridine rings is 1. The summed E-state index contributed by atoms with van der Waals surface area (Å²) in [5.41, 5.74) is 0.790. The average Bonchev–Trinajstić information content (AvgIpc) is 2.46. The number of aromatic carboxylic acids is 1. The van der Waals surface area contributed by atoms with Crippen molar-refractivity contribution in [1.82, 2.24) is 15.6 Å². The van der Waals surface area contributed by atoms with Gasteiger partial charge in [-0.25, -0.2) is 9.78 Å². The number of carboxylic acid groups (broad SMARTS) is 1. The molecule has 19 heavy (non-hydrogen) atoms. The van der Waals surface area contributed by atoms with Crippen LogP contribution in [0.15, 0.2) is 18.3 Å². The minimum Gasteiger partial charge on any atom is -0.477 e. The van der Waals surface area contributed by atoms with Crippen molar-refractivity contribution in [3.05, 3.63) is 29.6 Å². The second-order valence-electron chi connectivity index (χ2n) is 4.58. The Morgan fingerprint density at radius 1 is 1.42 bits per heavy atom. The molecule has 0 saturated carbocycles. The monoisotopic (exact) mass is 263 g/mol. The molecule has 1 aliphatic heterocycles. The Balaban J connectivity index is 1.84. The normalized spacial score (nSPS) is 18.8. The fourth-order valence-electron chi connectivity index (χ4n) is 2.04. The number of nitrogens with zero attached hydrogens (tertiary/aromatic N) is 1. The lowest BCUT2D eigenvalue weighted by Crippen LogP contribution is -2.46. The number of aromatic nitrogens is 1. The third-order valence-electron chi connectivity index (χ3n) is 3.14. The highest BCUT2D eigenvalue weighted by Gasteiger charge is 2.19. The molecule has 0 unspecified atom stereocenters. The Morgan fingerprint density at radius 2 is 2.26 bits per heavy atom. The van der Waals surface area contributed by atoms with Gasteiger partial charge < -0.3 is 15.7 Å². The zero-order valence-electron chi connectivity index (χ0n) is 10.6. The zero-order chi connectivity index (χ0) is 13.7. The highest BCUT2D eigenvalue weighted by molar-refractivity contribution is 5.85. The largest absolute Gasteiger partial charge is 0.477 e. The van der Waals surface area contributed by atoms with Gasteiger partial charge in [-0.2, -0.15) is 0 Å². The number of piperidine rings is 1. The molecule has 1 saturated heterocycles. The molecular weight excluding hydrogens is 246 g/mol. The maximum atomic E-state index is 11.9. The van der Waals surface area contributed by atoms with E-state index in [1.165, 1.54) is 12.3 Å². The quantitative estimate of drug-likeness (QED) is 0.737. The van der Waals surface area contributed by atoms with Gasteiger partial charge in [0.15, 0.2) is 0 Å². The lowest BCUT2D eigenvalue weighted by atomic mass is 10.0. The third-order valence-corrected chi connectivity index (χ3v) is 3.14. The number of carbonyl (C=O) groups is 2. The highest BCUT2D eigenvalue weighted by Crippen LogP contribution is 2.07. The molecule has 0 aliphatic carbocycles. The van der Waals surface area contributed by atoms with Crippen LogP contribution in [0.25, 0.3) is 0 Å². The Labute approximate surface area is 111 Å². The first kappa shape index (κ1) is 13.5. The molecule has 0 spiro atoms. The van der Waals surface area contributed by atoms with E-state index in [9.17, 15) is 9.59 Å². The summed E-state index contributed by atoms with van der Waals surface area (Å²) in [4.78, 5) is 26.3. The van der Waals surface area contributed by atoms with Gasteiger partial charge >= 0.3 is 5.97 Å². The number of hydrogen-bond acceptors (Lipinski definition) is 4. The van der Waals surface area contributed by atoms with Gasteiger partial charge in [0.25, 0.3) is 0 Å². The van der Waals surface area contributed by atoms with Crippen molar-refractivity contribution in [2.24, 2.45) is 0 Å². The van der Waals surface area contributed by atoms with Crippen LogP contribution < -0.4 is 10.6 Å². The van der Waals surface area contributed by atoms with Crippen LogP contribution in [0.2, 0.25) is 0 Å². The molecule has 1 atom stereocenters. The van der Waals surface area contributed by atoms with E-state index in [2.05, 4.69) is 15.6 Å². The second-order valence-corrected chi connectivity index (χ2v) is 4.58. The SMILES string of the molecule is O=C(O)c1ccc(CNC(=O)[C@@H]2CCCCN2)cn1. The molecule has 1 amide bonds. The number of amides is 1. The van der Waals surface area contributed by atoms with E-state index in [0.717, 1.165) is 31.4 Å². The Morgan fingerprint density at radius 3 is 2.84 bits per heavy atom. The van der Waals surface area contributed by atoms with Crippen molar-refractivity contribution in [3.63, 3.8) is 0 Å². The molecule has 1 aromatic rings. The molecule has 3 N–H and O–H groups in total. The van der Waals surface area contributed by atoms with Gasteiger partial charge in [0, 0.05) is 12.7 Å². The predicted octanol–water partition coefficient (Wildman–Crippen LogP) is 0.538. The van der Waals surface area contributed by atoms with Crippen molar-refractivity contribution in [3.8, 4) is 0 Å². The number of hydrogen-bond donors (Lipinski definition) is 3. The summed E-state index contributed by atoms with van der Waals surface area (Å²) in [5.74, 6) is -1.07. The number of carbonyl (C=O) groups excluding carboxylic acids is 1. The Kier molecular flexibility index (Phi) is 4.46. The van der Waals surface area contributed by atoms with E-state index >= 15 is 0 Å². The predicted molar refractivity (Wildman–Crippen MR) is 68.7 cm³/mol. The van der Waals surface area contributed by atoms with Crippen LogP contribution >= 0.6 is 0 Å². The molecule has 1 aliphatic rings. The van der Waals surface area contributed by atoms with Crippen LogP contribution in [0, 0.1) is 0 Å². The molecule has 2 heterocycles. The summed E-state index contributed by atoms with van der Waals surface area (Å²) in [5, 5.41) is 14.7. The van der Waals surface area contributed by atoms with Crippen LogP contribution in [-0.2, 0) is 11.3 Å². The number of carboxylic acids is 1. The van der Waals surface area contributed by atoms with Crippen LogP contribution in [0.3, 0.4) is 0 Å². The molecule has 0 bridgehead atoms. The lowest BCUT2D eigenvalue weighted by molar-refractivity contribution is -0.123. The van der Waals surface area contributed by atoms with Crippen molar-refractivity contribution >= 4 is 11.9 Å². The van der Waals surface area contributed by atoms with Crippen LogP contribution in [0.5, 0.6) is 0 Å². The van der Waals surface area contributed by atoms with Crippen LogP contribution in [0.4, 0.5) is 0 Å². The molecule has 1 fully saturated rings. The van der Waals surface area contributed by atoms with E-state index in [1.807, 2.05) is 0 Å². The summed E-state index contributed by atoms with van der Waals surface area (Å²) < 4.78 is 0. The summed E-state index contributed by atoms with van der Waals surface area (Å²) in [7, 11) is 0. The van der Waals surface area contributed by atoms with Gasteiger partial charge in [0.1, 0.15) is 5.69 Å². The first-order chi connectivity index (χ1) is 9.16. The lowest BCUT2D eigenvalue weighted by Gasteiger charge is -2.22. The minimum absolute atomic E-state index is 0.00373. The van der Waals surface area contributed by atoms with Gasteiger partial charge in [-0.1, -0.05) is 12.5 Å². The van der Waals surface area contributed by atoms with Gasteiger partial charge in [-0.05, 0) is 31.0 Å². The fourth-order valence-corrected chi connectivity index (χ4v) is 2.04. The zero-order valence-corrected chi connectivity index (χ0v) is 10.6. The molecule has 102 valence electrons. The maximum Gasteiger partial charge on any atom is 0.354 e. The van der Waals surface area contributed by atoms with Crippen molar-refractivity contribution in [2.45, 2.75) is 31.8 Å². The number of rotatable bonds is 4. The molecule has 0 aromatic carbocycles. The van der Waals surface area contributed by atoms with Gasteiger partial charge in [-0.3, -0.25) is 4.79 Å². The average molecular weight is 263 g/mol. The van der Waals surface area contributed by atoms with Gasteiger partial charge in [-0.15, -0.1) is 0 Å². The second kappa shape index (κ2) is 6.29. The molecular formula is C13H17N3O3. The van der Waals surface area contributed by atoms with E-state index < -0.39 is 5.97 Å². The van der Waals surface area contributed by atoms with Crippen molar-refractivity contribution in [2.75, 3.05) is 6.54 Å². The molecule has 0 radical (unpaired) electrons. The topological polar surface area (TPSA) is 91.3 Å². The summed E-state index contributed by atoms with van der Waals surface area (Å²) in [6, 6.07) is 2.98. The smallest absolute Gasteiger partial charge is 0.354 e. The summed E-state index contributed by atoms with van der Waals surface area (Å²) >= 11 is 0. The third kappa shape index (κ3) is 3.75. The fraction of sp³-hybridized carbons (Fsp3) is 0.462.